The highest BCUT2D eigenvalue weighted by Crippen LogP contribution is 2.28. The van der Waals surface area contributed by atoms with Crippen molar-refractivity contribution < 1.29 is 4.79 Å². The van der Waals surface area contributed by atoms with Gasteiger partial charge >= 0.3 is 0 Å². The average Bonchev–Trinajstić information content (AvgIpc) is 2.09. The molecule has 0 aromatic heterocycles. The molecule has 1 amide bonds. The minimum atomic E-state index is -0.172. The second kappa shape index (κ2) is 4.69. The molecule has 5 nitrogen and oxygen atoms in total. The van der Waals surface area contributed by atoms with E-state index in [1.807, 2.05) is 0 Å². The molecule has 0 radical (unpaired) electrons. The predicted molar refractivity (Wildman–Crippen MR) is 64.6 cm³/mol. The van der Waals surface area contributed by atoms with Gasteiger partial charge in [0.25, 0.3) is 0 Å². The largest absolute Gasteiger partial charge is 0.307 e. The van der Waals surface area contributed by atoms with Crippen molar-refractivity contribution in [1.82, 2.24) is 16.1 Å². The molecule has 1 fully saturated rings. The van der Waals surface area contributed by atoms with Crippen LogP contribution in [0.15, 0.2) is 0 Å². The number of rotatable bonds is 3. The third-order valence-corrected chi connectivity index (χ3v) is 2.90. The maximum Gasteiger partial charge on any atom is 0.247 e. The quantitative estimate of drug-likeness (QED) is 0.308. The van der Waals surface area contributed by atoms with Gasteiger partial charge in [-0.3, -0.25) is 10.2 Å². The second-order valence-electron chi connectivity index (χ2n) is 5.95. The molecule has 1 heterocycles. The smallest absolute Gasteiger partial charge is 0.247 e. The zero-order chi connectivity index (χ0) is 12.4. The van der Waals surface area contributed by atoms with Gasteiger partial charge in [0.2, 0.25) is 5.91 Å². The van der Waals surface area contributed by atoms with E-state index >= 15 is 0 Å². The molecule has 0 atom stereocenters. The Kier molecular flexibility index (Phi) is 3.93. The van der Waals surface area contributed by atoms with Crippen molar-refractivity contribution in [3.05, 3.63) is 0 Å². The number of hydrazine groups is 1. The number of piperidine rings is 1. The topological polar surface area (TPSA) is 79.2 Å². The predicted octanol–water partition coefficient (Wildman–Crippen LogP) is -0.125. The fourth-order valence-electron chi connectivity index (χ4n) is 2.75. The summed E-state index contributed by atoms with van der Waals surface area (Å²) in [5.74, 6) is 4.87. The fraction of sp³-hybridized carbons (Fsp3) is 0.909. The van der Waals surface area contributed by atoms with Crippen molar-refractivity contribution >= 4 is 5.91 Å². The van der Waals surface area contributed by atoms with E-state index in [4.69, 9.17) is 5.84 Å². The second-order valence-corrected chi connectivity index (χ2v) is 5.95. The minimum Gasteiger partial charge on any atom is -0.307 e. The Morgan fingerprint density at radius 2 is 1.81 bits per heavy atom. The van der Waals surface area contributed by atoms with Crippen LogP contribution in [0.1, 0.15) is 40.5 Å². The van der Waals surface area contributed by atoms with Gasteiger partial charge in [-0.1, -0.05) is 0 Å². The fourth-order valence-corrected chi connectivity index (χ4v) is 2.75. The van der Waals surface area contributed by atoms with Crippen LogP contribution in [0.5, 0.6) is 0 Å². The molecule has 0 aromatic rings. The Balaban J connectivity index is 2.51. The maximum absolute atomic E-state index is 11.1. The molecule has 1 saturated heterocycles. The Morgan fingerprint density at radius 1 is 1.31 bits per heavy atom. The van der Waals surface area contributed by atoms with Crippen molar-refractivity contribution in [3.63, 3.8) is 0 Å². The van der Waals surface area contributed by atoms with Crippen LogP contribution in [0.25, 0.3) is 0 Å². The maximum atomic E-state index is 11.1. The van der Waals surface area contributed by atoms with E-state index in [-0.39, 0.29) is 23.5 Å². The van der Waals surface area contributed by atoms with Gasteiger partial charge in [0.15, 0.2) is 0 Å². The minimum absolute atomic E-state index is 0.0958. The summed E-state index contributed by atoms with van der Waals surface area (Å²) < 4.78 is 0. The Hall–Kier alpha value is -0.650. The van der Waals surface area contributed by atoms with Crippen LogP contribution < -0.4 is 21.9 Å². The number of nitrogens with two attached hydrogens (primary N) is 1. The summed E-state index contributed by atoms with van der Waals surface area (Å²) in [6, 6.07) is 0.351. The standard InChI is InChI=1S/C11H24N4O/c1-10(2)5-8(6-11(3,4)15-10)13-7-9(16)14-12/h8,13,15H,5-7,12H2,1-4H3,(H,14,16). The highest BCUT2D eigenvalue weighted by molar-refractivity contribution is 5.77. The van der Waals surface area contributed by atoms with E-state index in [1.165, 1.54) is 0 Å². The molecule has 5 heteroatoms. The van der Waals surface area contributed by atoms with Gasteiger partial charge in [0.05, 0.1) is 6.54 Å². The third-order valence-electron chi connectivity index (χ3n) is 2.90. The third kappa shape index (κ3) is 4.08. The van der Waals surface area contributed by atoms with Crippen LogP contribution in [0.3, 0.4) is 0 Å². The van der Waals surface area contributed by atoms with Crippen molar-refractivity contribution in [2.75, 3.05) is 6.54 Å². The van der Waals surface area contributed by atoms with Gasteiger partial charge in [-0.25, -0.2) is 5.84 Å². The number of carbonyl (C=O) groups is 1. The molecular weight excluding hydrogens is 204 g/mol. The summed E-state index contributed by atoms with van der Waals surface area (Å²) in [4.78, 5) is 11.1. The van der Waals surface area contributed by atoms with Crippen molar-refractivity contribution in [3.8, 4) is 0 Å². The van der Waals surface area contributed by atoms with Gasteiger partial charge < -0.3 is 10.6 Å². The highest BCUT2D eigenvalue weighted by Gasteiger charge is 2.37. The van der Waals surface area contributed by atoms with E-state index in [0.717, 1.165) is 12.8 Å². The lowest BCUT2D eigenvalue weighted by molar-refractivity contribution is -0.120. The van der Waals surface area contributed by atoms with E-state index in [0.29, 0.717) is 6.04 Å². The van der Waals surface area contributed by atoms with Crippen molar-refractivity contribution in [1.29, 1.82) is 0 Å². The van der Waals surface area contributed by atoms with Gasteiger partial charge in [0.1, 0.15) is 0 Å². The zero-order valence-electron chi connectivity index (χ0n) is 10.7. The summed E-state index contributed by atoms with van der Waals surface area (Å²) in [5.41, 5.74) is 2.32. The lowest BCUT2D eigenvalue weighted by Gasteiger charge is -2.46. The van der Waals surface area contributed by atoms with E-state index in [9.17, 15) is 4.79 Å². The van der Waals surface area contributed by atoms with Crippen LogP contribution in [-0.4, -0.2) is 29.6 Å². The number of hydrogen-bond donors (Lipinski definition) is 4. The first kappa shape index (κ1) is 13.4. The van der Waals surface area contributed by atoms with Crippen LogP contribution in [0.2, 0.25) is 0 Å². The summed E-state index contributed by atoms with van der Waals surface area (Å²) in [6.45, 7) is 9.03. The van der Waals surface area contributed by atoms with E-state index in [1.54, 1.807) is 0 Å². The normalized spacial score (nSPS) is 24.1. The zero-order valence-corrected chi connectivity index (χ0v) is 10.7. The molecule has 0 aromatic carbocycles. The van der Waals surface area contributed by atoms with Crippen molar-refractivity contribution in [2.45, 2.75) is 57.7 Å². The first-order valence-corrected chi connectivity index (χ1v) is 5.76. The molecule has 0 unspecified atom stereocenters. The van der Waals surface area contributed by atoms with Crippen molar-refractivity contribution in [2.24, 2.45) is 5.84 Å². The molecule has 1 aliphatic rings. The van der Waals surface area contributed by atoms with E-state index < -0.39 is 0 Å². The molecule has 1 aliphatic heterocycles. The Bertz CT molecular complexity index is 247. The summed E-state index contributed by atoms with van der Waals surface area (Å²) in [6.07, 6.45) is 2.02. The summed E-state index contributed by atoms with van der Waals surface area (Å²) in [5, 5.41) is 6.85. The molecule has 0 saturated carbocycles. The molecule has 1 rings (SSSR count). The van der Waals surface area contributed by atoms with Crippen LogP contribution in [0.4, 0.5) is 0 Å². The number of carbonyl (C=O) groups excluding carboxylic acids is 1. The highest BCUT2D eigenvalue weighted by atomic mass is 16.2. The van der Waals surface area contributed by atoms with E-state index in [2.05, 4.69) is 43.8 Å². The lowest BCUT2D eigenvalue weighted by Crippen LogP contribution is -2.62. The van der Waals surface area contributed by atoms with Crippen LogP contribution in [-0.2, 0) is 4.79 Å². The molecular formula is C11H24N4O. The van der Waals surface area contributed by atoms with Gasteiger partial charge in [-0.2, -0.15) is 0 Å². The molecule has 0 aliphatic carbocycles. The van der Waals surface area contributed by atoms with Gasteiger partial charge in [-0.05, 0) is 40.5 Å². The molecule has 0 spiro atoms. The first-order valence-electron chi connectivity index (χ1n) is 5.76. The molecule has 16 heavy (non-hydrogen) atoms. The number of hydrogen-bond acceptors (Lipinski definition) is 4. The number of nitrogens with one attached hydrogen (secondary N) is 3. The Labute approximate surface area is 97.5 Å². The SMILES string of the molecule is CC1(C)CC(NCC(=O)NN)CC(C)(C)N1. The Morgan fingerprint density at radius 3 is 2.25 bits per heavy atom. The summed E-state index contributed by atoms with van der Waals surface area (Å²) in [7, 11) is 0. The first-order chi connectivity index (χ1) is 7.24. The molecule has 0 bridgehead atoms. The van der Waals surface area contributed by atoms with Gasteiger partial charge in [0, 0.05) is 17.1 Å². The van der Waals surface area contributed by atoms with Crippen LogP contribution >= 0.6 is 0 Å². The molecule has 94 valence electrons. The number of amides is 1. The average molecular weight is 228 g/mol. The molecule has 5 N–H and O–H groups in total. The monoisotopic (exact) mass is 228 g/mol. The summed E-state index contributed by atoms with van der Waals surface area (Å²) >= 11 is 0. The van der Waals surface area contributed by atoms with Gasteiger partial charge in [-0.15, -0.1) is 0 Å². The lowest BCUT2D eigenvalue weighted by atomic mass is 9.79. The van der Waals surface area contributed by atoms with Crippen LogP contribution in [0, 0.1) is 0 Å².